The molecule has 0 saturated heterocycles. The van der Waals surface area contributed by atoms with E-state index in [9.17, 15) is 5.11 Å². The van der Waals surface area contributed by atoms with Crippen LogP contribution in [0.15, 0.2) is 50.4 Å². The maximum atomic E-state index is 9.61. The quantitative estimate of drug-likeness (QED) is 0.597. The SMILES string of the molecule is Cc1ccc(NN=Cc2cc(Br)c(O)c(Br)c2)cc1. The summed E-state index contributed by atoms with van der Waals surface area (Å²) >= 11 is 6.56. The number of phenols is 1. The van der Waals surface area contributed by atoms with E-state index in [2.05, 4.69) is 42.4 Å². The van der Waals surface area contributed by atoms with Crippen LogP contribution >= 0.6 is 31.9 Å². The average molecular weight is 384 g/mol. The molecule has 3 nitrogen and oxygen atoms in total. The minimum atomic E-state index is 0.184. The van der Waals surface area contributed by atoms with E-state index in [4.69, 9.17) is 0 Å². The first kappa shape index (κ1) is 14.1. The maximum Gasteiger partial charge on any atom is 0.143 e. The second kappa shape index (κ2) is 6.21. The summed E-state index contributed by atoms with van der Waals surface area (Å²) in [6.07, 6.45) is 1.69. The summed E-state index contributed by atoms with van der Waals surface area (Å²) in [6, 6.07) is 11.6. The lowest BCUT2D eigenvalue weighted by Crippen LogP contribution is -1.91. The predicted octanol–water partition coefficient (Wildman–Crippen LogP) is 4.67. The van der Waals surface area contributed by atoms with E-state index in [1.807, 2.05) is 31.2 Å². The van der Waals surface area contributed by atoms with Crippen LogP contribution in [0.3, 0.4) is 0 Å². The predicted molar refractivity (Wildman–Crippen MR) is 85.9 cm³/mol. The molecular formula is C14H12Br2N2O. The minimum absolute atomic E-state index is 0.184. The van der Waals surface area contributed by atoms with E-state index in [0.717, 1.165) is 11.3 Å². The summed E-state index contributed by atoms with van der Waals surface area (Å²) < 4.78 is 1.25. The zero-order valence-corrected chi connectivity index (χ0v) is 13.4. The van der Waals surface area contributed by atoms with Crippen LogP contribution in [0.5, 0.6) is 5.75 Å². The van der Waals surface area contributed by atoms with Gasteiger partial charge < -0.3 is 5.11 Å². The van der Waals surface area contributed by atoms with Crippen molar-refractivity contribution in [1.82, 2.24) is 0 Å². The zero-order valence-electron chi connectivity index (χ0n) is 10.2. The number of nitrogens with zero attached hydrogens (tertiary/aromatic N) is 1. The summed E-state index contributed by atoms with van der Waals surface area (Å²) in [5, 5.41) is 13.8. The van der Waals surface area contributed by atoms with Gasteiger partial charge in [-0.2, -0.15) is 5.10 Å². The summed E-state index contributed by atoms with van der Waals surface area (Å²) in [5.74, 6) is 0.184. The molecule has 0 atom stereocenters. The number of nitrogens with one attached hydrogen (secondary N) is 1. The van der Waals surface area contributed by atoms with Gasteiger partial charge in [-0.15, -0.1) is 0 Å². The van der Waals surface area contributed by atoms with Gasteiger partial charge in [0.15, 0.2) is 0 Å². The van der Waals surface area contributed by atoms with Crippen molar-refractivity contribution >= 4 is 43.8 Å². The van der Waals surface area contributed by atoms with Gasteiger partial charge in [-0.05, 0) is 68.6 Å². The van der Waals surface area contributed by atoms with Crippen LogP contribution in [-0.4, -0.2) is 11.3 Å². The molecule has 2 rings (SSSR count). The van der Waals surface area contributed by atoms with Crippen LogP contribution < -0.4 is 5.43 Å². The largest absolute Gasteiger partial charge is 0.506 e. The van der Waals surface area contributed by atoms with Gasteiger partial charge >= 0.3 is 0 Å². The van der Waals surface area contributed by atoms with Gasteiger partial charge in [0.2, 0.25) is 0 Å². The molecule has 0 aromatic heterocycles. The third-order valence-corrected chi connectivity index (χ3v) is 3.71. The van der Waals surface area contributed by atoms with Gasteiger partial charge in [0.05, 0.1) is 20.8 Å². The first-order valence-corrected chi connectivity index (χ1v) is 7.18. The number of hydrogen-bond donors (Lipinski definition) is 2. The molecule has 0 unspecified atom stereocenters. The molecule has 0 aliphatic carbocycles. The molecule has 98 valence electrons. The number of rotatable bonds is 3. The second-order valence-corrected chi connectivity index (χ2v) is 5.78. The molecule has 5 heteroatoms. The van der Waals surface area contributed by atoms with Crippen molar-refractivity contribution in [3.05, 3.63) is 56.5 Å². The summed E-state index contributed by atoms with van der Waals surface area (Å²) in [5.41, 5.74) is 5.96. The monoisotopic (exact) mass is 382 g/mol. The first-order chi connectivity index (χ1) is 9.06. The highest BCUT2D eigenvalue weighted by atomic mass is 79.9. The molecule has 0 saturated carbocycles. The molecule has 2 N–H and O–H groups in total. The van der Waals surface area contributed by atoms with Crippen LogP contribution in [0.1, 0.15) is 11.1 Å². The number of hydrogen-bond acceptors (Lipinski definition) is 3. The fourth-order valence-electron chi connectivity index (χ4n) is 1.47. The third-order valence-electron chi connectivity index (χ3n) is 2.50. The standard InChI is InChI=1S/C14H12Br2N2O/c1-9-2-4-11(5-3-9)18-17-8-10-6-12(15)14(19)13(16)7-10/h2-8,18-19H,1H3. The van der Waals surface area contributed by atoms with Crippen molar-refractivity contribution in [1.29, 1.82) is 0 Å². The zero-order chi connectivity index (χ0) is 13.8. The number of aromatic hydroxyl groups is 1. The van der Waals surface area contributed by atoms with Crippen LogP contribution in [0.25, 0.3) is 0 Å². The van der Waals surface area contributed by atoms with E-state index < -0.39 is 0 Å². The van der Waals surface area contributed by atoms with E-state index >= 15 is 0 Å². The Kier molecular flexibility index (Phi) is 4.61. The van der Waals surface area contributed by atoms with Gasteiger partial charge in [-0.3, -0.25) is 5.43 Å². The van der Waals surface area contributed by atoms with Crippen molar-refractivity contribution < 1.29 is 5.11 Å². The van der Waals surface area contributed by atoms with Crippen molar-refractivity contribution in [3.8, 4) is 5.75 Å². The van der Waals surface area contributed by atoms with E-state index in [-0.39, 0.29) is 5.75 Å². The van der Waals surface area contributed by atoms with Gasteiger partial charge in [0.1, 0.15) is 5.75 Å². The Morgan fingerprint density at radius 3 is 2.26 bits per heavy atom. The van der Waals surface area contributed by atoms with Crippen molar-refractivity contribution in [2.24, 2.45) is 5.10 Å². The molecule has 2 aromatic rings. The van der Waals surface area contributed by atoms with Crippen molar-refractivity contribution in [2.75, 3.05) is 5.43 Å². The smallest absolute Gasteiger partial charge is 0.143 e. The molecule has 0 radical (unpaired) electrons. The van der Waals surface area contributed by atoms with E-state index in [1.54, 1.807) is 18.3 Å². The van der Waals surface area contributed by atoms with Crippen molar-refractivity contribution in [2.45, 2.75) is 6.92 Å². The molecule has 19 heavy (non-hydrogen) atoms. The van der Waals surface area contributed by atoms with Gasteiger partial charge in [0.25, 0.3) is 0 Å². The van der Waals surface area contributed by atoms with Crippen LogP contribution in [0.2, 0.25) is 0 Å². The van der Waals surface area contributed by atoms with Crippen LogP contribution in [0.4, 0.5) is 5.69 Å². The maximum absolute atomic E-state index is 9.61. The highest BCUT2D eigenvalue weighted by Gasteiger charge is 2.04. The molecule has 0 aliphatic rings. The number of benzene rings is 2. The van der Waals surface area contributed by atoms with Gasteiger partial charge in [-0.25, -0.2) is 0 Å². The summed E-state index contributed by atoms with van der Waals surface area (Å²) in [6.45, 7) is 2.04. The Hall–Kier alpha value is -1.33. The third kappa shape index (κ3) is 3.81. The lowest BCUT2D eigenvalue weighted by atomic mass is 10.2. The number of anilines is 1. The highest BCUT2D eigenvalue weighted by Crippen LogP contribution is 2.32. The Balaban J connectivity index is 2.09. The molecule has 0 bridgehead atoms. The Labute approximate surface area is 128 Å². The fourth-order valence-corrected chi connectivity index (χ4v) is 2.69. The lowest BCUT2D eigenvalue weighted by Gasteiger charge is -2.03. The number of aryl methyl sites for hydroxylation is 1. The Morgan fingerprint density at radius 1 is 1.11 bits per heavy atom. The summed E-state index contributed by atoms with van der Waals surface area (Å²) in [4.78, 5) is 0. The summed E-state index contributed by atoms with van der Waals surface area (Å²) in [7, 11) is 0. The average Bonchev–Trinajstić information content (AvgIpc) is 2.38. The molecule has 0 spiro atoms. The highest BCUT2D eigenvalue weighted by molar-refractivity contribution is 9.11. The fraction of sp³-hybridized carbons (Fsp3) is 0.0714. The molecule has 0 amide bonds. The van der Waals surface area contributed by atoms with E-state index in [1.165, 1.54) is 5.56 Å². The Bertz CT molecular complexity index is 586. The normalized spacial score (nSPS) is 10.9. The van der Waals surface area contributed by atoms with Gasteiger partial charge in [0, 0.05) is 0 Å². The molecular weight excluding hydrogens is 372 g/mol. The number of hydrazone groups is 1. The minimum Gasteiger partial charge on any atom is -0.506 e. The van der Waals surface area contributed by atoms with Crippen LogP contribution in [0, 0.1) is 6.92 Å². The molecule has 0 aliphatic heterocycles. The van der Waals surface area contributed by atoms with E-state index in [0.29, 0.717) is 8.95 Å². The molecule has 0 fully saturated rings. The van der Waals surface area contributed by atoms with Crippen molar-refractivity contribution in [3.63, 3.8) is 0 Å². The first-order valence-electron chi connectivity index (χ1n) is 5.60. The Morgan fingerprint density at radius 2 is 1.68 bits per heavy atom. The molecule has 2 aromatic carbocycles. The topological polar surface area (TPSA) is 44.6 Å². The van der Waals surface area contributed by atoms with Gasteiger partial charge in [-0.1, -0.05) is 17.7 Å². The number of phenolic OH excluding ortho intramolecular Hbond substituents is 1. The van der Waals surface area contributed by atoms with Crippen LogP contribution in [-0.2, 0) is 0 Å². The molecule has 0 heterocycles. The number of halogens is 2. The second-order valence-electron chi connectivity index (χ2n) is 4.07. The lowest BCUT2D eigenvalue weighted by molar-refractivity contribution is 0.468.